The largest absolute Gasteiger partial charge is 0.443 e. The van der Waals surface area contributed by atoms with Crippen LogP contribution in [-0.4, -0.2) is 141 Å². The van der Waals surface area contributed by atoms with E-state index in [2.05, 4.69) is 31.2 Å². The molecule has 10 rings (SSSR count). The van der Waals surface area contributed by atoms with Crippen LogP contribution in [0.25, 0.3) is 21.8 Å². The predicted molar refractivity (Wildman–Crippen MR) is 329 cm³/mol. The molecule has 4 unspecified atom stereocenters. The minimum absolute atomic E-state index is 0. The molecule has 2 fully saturated rings. The molecule has 10 N–H and O–H groups in total. The molecule has 0 aliphatic carbocycles. The van der Waals surface area contributed by atoms with E-state index < -0.39 is 48.5 Å². The van der Waals surface area contributed by atoms with Gasteiger partial charge in [0, 0.05) is 110 Å². The van der Waals surface area contributed by atoms with E-state index in [1.165, 1.54) is 14.1 Å². The van der Waals surface area contributed by atoms with Gasteiger partial charge in [-0.25, -0.2) is 19.2 Å². The summed E-state index contributed by atoms with van der Waals surface area (Å²) < 4.78 is 12.4. The lowest BCUT2D eigenvalue weighted by molar-refractivity contribution is -0.155. The van der Waals surface area contributed by atoms with E-state index in [9.17, 15) is 38.4 Å². The number of esters is 2. The molecular formula is C66H70N10O12. The zero-order chi connectivity index (χ0) is 60.4. The van der Waals surface area contributed by atoms with Crippen LogP contribution in [0.4, 0.5) is 9.59 Å². The maximum Gasteiger partial charge on any atom is 0.332 e. The van der Waals surface area contributed by atoms with E-state index in [1.807, 2.05) is 133 Å². The number of urea groups is 2. The average molecular weight is 1200 g/mol. The van der Waals surface area contributed by atoms with Gasteiger partial charge in [0.25, 0.3) is 23.6 Å². The van der Waals surface area contributed by atoms with Crippen LogP contribution < -0.4 is 21.3 Å². The number of H-pyrrole nitrogens is 2. The van der Waals surface area contributed by atoms with Crippen LogP contribution in [0.2, 0.25) is 0 Å². The quantitative estimate of drug-likeness (QED) is 0.0192. The van der Waals surface area contributed by atoms with Crippen LogP contribution in [0, 0.1) is 0 Å². The number of carbonyl (C=O) groups is 8. The summed E-state index contributed by atoms with van der Waals surface area (Å²) in [6.45, 7) is 0.844. The second-order valence-electron chi connectivity index (χ2n) is 21.5. The first-order valence-corrected chi connectivity index (χ1v) is 28.2. The molecule has 0 saturated carbocycles. The van der Waals surface area contributed by atoms with Crippen molar-refractivity contribution < 1.29 is 58.8 Å². The van der Waals surface area contributed by atoms with Gasteiger partial charge in [0.2, 0.25) is 0 Å². The monoisotopic (exact) mass is 1190 g/mol. The van der Waals surface area contributed by atoms with Gasteiger partial charge in [0.15, 0.2) is 12.5 Å². The summed E-state index contributed by atoms with van der Waals surface area (Å²) in [5.41, 5.74) is 8.89. The van der Waals surface area contributed by atoms with Crippen LogP contribution >= 0.6 is 0 Å². The molecule has 4 atom stereocenters. The number of ether oxygens (including phenoxy) is 2. The van der Waals surface area contributed by atoms with Gasteiger partial charge in [0.05, 0.1) is 13.1 Å². The van der Waals surface area contributed by atoms with Crippen LogP contribution in [0.15, 0.2) is 170 Å². The molecule has 8 aromatic rings. The number of aromatic amines is 2. The number of fused-ring (bicyclic) bond motifs is 2. The molecule has 4 heterocycles. The topological polar surface area (TPSA) is 311 Å². The standard InChI is InChI=1S/C66H66N10O10.2H2O/c1-67-61(79)47-19-11-17-45(27-47)39-75-63(81)55(71-65(75)83)31-43-21-23-53-51(29-43)49(35-69-53)33-57(73(3)37-41-13-7-5-8-14-41)85-59(77)25-26-60(78)86-58(74(4)38-42-15-9-6-10-16-42)34-50-36-70-54-24-22-44(30-52(50)54)32-56-64(82)76(66(84)72-56)40-46-18-12-20-48(28-46)62(80)68-2;;/h5-30,35-36,55-58,69-70H,31-34,37-40H2,1-4H3,(H,67,79)(H,68,80)(H,71,83)(H,72,84);2*1H2/b26-25-;;. The lowest BCUT2D eigenvalue weighted by Gasteiger charge is -2.28. The first-order chi connectivity index (χ1) is 41.6. The number of rotatable bonds is 24. The molecule has 22 heteroatoms. The number of imide groups is 2. The van der Waals surface area contributed by atoms with E-state index in [1.54, 1.807) is 48.5 Å². The predicted octanol–water partition coefficient (Wildman–Crippen LogP) is 5.39. The van der Waals surface area contributed by atoms with Gasteiger partial charge in [0.1, 0.15) is 12.1 Å². The second kappa shape index (κ2) is 28.8. The zero-order valence-electron chi connectivity index (χ0n) is 49.0. The summed E-state index contributed by atoms with van der Waals surface area (Å²) in [6.07, 6.45) is 5.07. The highest BCUT2D eigenvalue weighted by Crippen LogP contribution is 2.28. The lowest BCUT2D eigenvalue weighted by atomic mass is 10.0. The highest BCUT2D eigenvalue weighted by atomic mass is 16.6. The molecule has 0 bridgehead atoms. The molecule has 6 aromatic carbocycles. The second-order valence-corrected chi connectivity index (χ2v) is 21.5. The summed E-state index contributed by atoms with van der Waals surface area (Å²) in [4.78, 5) is 119. The zero-order valence-corrected chi connectivity index (χ0v) is 49.0. The van der Waals surface area contributed by atoms with Crippen LogP contribution in [0.1, 0.15) is 65.2 Å². The van der Waals surface area contributed by atoms with Crippen molar-refractivity contribution in [1.82, 2.24) is 50.8 Å². The fourth-order valence-electron chi connectivity index (χ4n) is 10.9. The van der Waals surface area contributed by atoms with Crippen molar-refractivity contribution in [3.8, 4) is 0 Å². The van der Waals surface area contributed by atoms with E-state index in [-0.39, 0.29) is 73.4 Å². The van der Waals surface area contributed by atoms with Crippen LogP contribution in [0.5, 0.6) is 0 Å². The molecule has 8 amide bonds. The minimum Gasteiger partial charge on any atom is -0.443 e. The Kier molecular flexibility index (Phi) is 20.8. The maximum atomic E-state index is 13.9. The Morgan fingerprint density at radius 2 is 0.898 bits per heavy atom. The van der Waals surface area contributed by atoms with Crippen molar-refractivity contribution in [3.05, 3.63) is 226 Å². The Balaban J connectivity index is 0.00000501. The van der Waals surface area contributed by atoms with Crippen molar-refractivity contribution in [2.45, 2.75) is 76.4 Å². The van der Waals surface area contributed by atoms with Gasteiger partial charge >= 0.3 is 24.0 Å². The lowest BCUT2D eigenvalue weighted by Crippen LogP contribution is -2.37. The molecule has 0 spiro atoms. The van der Waals surface area contributed by atoms with Crippen molar-refractivity contribution in [2.24, 2.45) is 0 Å². The van der Waals surface area contributed by atoms with Crippen molar-refractivity contribution in [2.75, 3.05) is 28.2 Å². The van der Waals surface area contributed by atoms with Crippen molar-refractivity contribution >= 4 is 69.4 Å². The van der Waals surface area contributed by atoms with E-state index in [4.69, 9.17) is 9.47 Å². The number of likely N-dealkylation sites (N-methyl/N-ethyl adjacent to an activating group) is 2. The van der Waals surface area contributed by atoms with E-state index in [0.29, 0.717) is 35.3 Å². The molecule has 2 aliphatic heterocycles. The van der Waals surface area contributed by atoms with Gasteiger partial charge in [-0.3, -0.25) is 38.8 Å². The highest BCUT2D eigenvalue weighted by Gasteiger charge is 2.39. The summed E-state index contributed by atoms with van der Waals surface area (Å²) in [5.74, 6) is -2.88. The normalized spacial score (nSPS) is 15.5. The molecule has 22 nitrogen and oxygen atoms in total. The first-order valence-electron chi connectivity index (χ1n) is 28.2. The Bertz CT molecular complexity index is 3640. The average Bonchev–Trinajstić information content (AvgIpc) is 4.45. The Morgan fingerprint density at radius 3 is 1.28 bits per heavy atom. The first kappa shape index (κ1) is 63.8. The molecule has 2 aliphatic rings. The Labute approximate surface area is 507 Å². The number of nitrogens with one attached hydrogen (secondary N) is 6. The molecular weight excluding hydrogens is 1120 g/mol. The summed E-state index contributed by atoms with van der Waals surface area (Å²) in [5, 5.41) is 12.5. The van der Waals surface area contributed by atoms with Crippen molar-refractivity contribution in [1.29, 1.82) is 0 Å². The van der Waals surface area contributed by atoms with E-state index >= 15 is 0 Å². The number of aromatic nitrogens is 2. The molecule has 2 aromatic heterocycles. The van der Waals surface area contributed by atoms with Gasteiger partial charge < -0.3 is 51.7 Å². The number of hydrogen-bond acceptors (Lipinski definition) is 12. The number of hydrogen-bond donors (Lipinski definition) is 6. The number of carbonyl (C=O) groups excluding carboxylic acids is 8. The maximum absolute atomic E-state index is 13.9. The summed E-state index contributed by atoms with van der Waals surface area (Å²) in [7, 11) is 6.75. The highest BCUT2D eigenvalue weighted by molar-refractivity contribution is 6.05. The number of benzene rings is 6. The van der Waals surface area contributed by atoms with Crippen molar-refractivity contribution in [3.63, 3.8) is 0 Å². The molecule has 0 radical (unpaired) electrons. The molecule has 456 valence electrons. The fraction of sp³-hybridized carbons (Fsp3) is 0.242. The molecule has 88 heavy (non-hydrogen) atoms. The Morgan fingerprint density at radius 1 is 0.511 bits per heavy atom. The SMILES string of the molecule is CNC(=O)c1cccc(CN2C(=O)NC(Cc3ccc4[nH]cc(CC(OC(=O)/C=C\C(=O)OC(Cc5c[nH]c6ccc(CC7NC(=O)N(Cc8cccc(C(=O)NC)c8)C7=O)cc56)N(C)Cc5ccccc5)N(C)Cc5ccccc5)c4c3)C2=O)c1.O.O. The summed E-state index contributed by atoms with van der Waals surface area (Å²) in [6, 6.07) is 41.8. The van der Waals surface area contributed by atoms with Gasteiger partial charge in [-0.05, 0) is 107 Å². The smallest absolute Gasteiger partial charge is 0.332 e. The molecule has 2 saturated heterocycles. The van der Waals surface area contributed by atoms with Gasteiger partial charge in [-0.2, -0.15) is 0 Å². The third-order valence-electron chi connectivity index (χ3n) is 15.5. The third-order valence-corrected chi connectivity index (χ3v) is 15.5. The van der Waals surface area contributed by atoms with Gasteiger partial charge in [-0.1, -0.05) is 97.1 Å². The fourth-order valence-corrected chi connectivity index (χ4v) is 10.9. The minimum atomic E-state index is -0.824. The number of nitrogens with zero attached hydrogens (tertiary/aromatic N) is 4. The van der Waals surface area contributed by atoms with Crippen LogP contribution in [-0.2, 0) is 80.5 Å². The van der Waals surface area contributed by atoms with E-state index in [0.717, 1.165) is 77.1 Å². The third kappa shape index (κ3) is 15.2. The summed E-state index contributed by atoms with van der Waals surface area (Å²) >= 11 is 0. The van der Waals surface area contributed by atoms with Gasteiger partial charge in [-0.15, -0.1) is 0 Å². The Hall–Kier alpha value is -10.3. The number of amides is 8. The van der Waals surface area contributed by atoms with Crippen LogP contribution in [0.3, 0.4) is 0 Å².